The Balaban J connectivity index is 2.05. The fraction of sp³-hybridized carbons (Fsp3) is 0.429. The van der Waals surface area contributed by atoms with Crippen molar-refractivity contribution < 1.29 is 14.7 Å². The number of benzene rings is 1. The molecule has 1 atom stereocenters. The Hall–Kier alpha value is -1.72. The molecule has 1 unspecified atom stereocenters. The van der Waals surface area contributed by atoms with E-state index in [1.807, 2.05) is 18.9 Å². The summed E-state index contributed by atoms with van der Waals surface area (Å²) in [6.45, 7) is 2.83. The second-order valence-electron chi connectivity index (χ2n) is 4.82. The molecule has 1 aliphatic heterocycles. The number of likely N-dealkylation sites (N-methyl/N-ethyl adjacent to an activating group) is 1. The minimum absolute atomic E-state index is 0.00943. The van der Waals surface area contributed by atoms with Gasteiger partial charge in [0.2, 0.25) is 0 Å². The maximum atomic E-state index is 12.1. The van der Waals surface area contributed by atoms with Gasteiger partial charge in [0, 0.05) is 19.1 Å². The van der Waals surface area contributed by atoms with E-state index >= 15 is 0 Å². The van der Waals surface area contributed by atoms with E-state index in [2.05, 4.69) is 0 Å². The standard InChI is InChI=1S/C14H18N2O3/c1-10(9-17)15(2)7-8-16-13(18)11-5-3-4-6-12(11)14(16)19/h3-6,10,17H,7-9H2,1-2H3. The molecular formula is C14H18N2O3. The zero-order valence-electron chi connectivity index (χ0n) is 11.2. The number of hydrogen-bond acceptors (Lipinski definition) is 4. The summed E-state index contributed by atoms with van der Waals surface area (Å²) in [5.74, 6) is -0.462. The van der Waals surface area contributed by atoms with Crippen LogP contribution in [0.15, 0.2) is 24.3 Å². The summed E-state index contributed by atoms with van der Waals surface area (Å²) in [5, 5.41) is 9.05. The lowest BCUT2D eigenvalue weighted by Gasteiger charge is -2.24. The summed E-state index contributed by atoms with van der Waals surface area (Å²) < 4.78 is 0. The van der Waals surface area contributed by atoms with Gasteiger partial charge in [-0.25, -0.2) is 0 Å². The smallest absolute Gasteiger partial charge is 0.261 e. The third-order valence-electron chi connectivity index (χ3n) is 3.57. The summed E-state index contributed by atoms with van der Waals surface area (Å²) in [6, 6.07) is 6.88. The predicted octanol–water partition coefficient (Wildman–Crippen LogP) is 0.595. The van der Waals surface area contributed by atoms with Crippen LogP contribution in [0.2, 0.25) is 0 Å². The van der Waals surface area contributed by atoms with E-state index in [0.29, 0.717) is 24.2 Å². The quantitative estimate of drug-likeness (QED) is 0.789. The number of aliphatic hydroxyl groups is 1. The maximum absolute atomic E-state index is 12.1. The Kier molecular flexibility index (Phi) is 3.97. The van der Waals surface area contributed by atoms with E-state index in [9.17, 15) is 9.59 Å². The number of aliphatic hydroxyl groups excluding tert-OH is 1. The van der Waals surface area contributed by atoms with Crippen molar-refractivity contribution in [3.05, 3.63) is 35.4 Å². The summed E-state index contributed by atoms with van der Waals surface area (Å²) in [6.07, 6.45) is 0. The number of imide groups is 1. The second-order valence-corrected chi connectivity index (χ2v) is 4.82. The molecule has 19 heavy (non-hydrogen) atoms. The summed E-state index contributed by atoms with van der Waals surface area (Å²) in [4.78, 5) is 27.4. The molecular weight excluding hydrogens is 244 g/mol. The Morgan fingerprint density at radius 2 is 1.74 bits per heavy atom. The van der Waals surface area contributed by atoms with Crippen LogP contribution in [0.4, 0.5) is 0 Å². The van der Waals surface area contributed by atoms with E-state index < -0.39 is 0 Å². The SMILES string of the molecule is CC(CO)N(C)CCN1C(=O)c2ccccc2C1=O. The predicted molar refractivity (Wildman–Crippen MR) is 71.0 cm³/mol. The van der Waals surface area contributed by atoms with Gasteiger partial charge < -0.3 is 5.11 Å². The molecule has 0 fully saturated rings. The Morgan fingerprint density at radius 1 is 1.21 bits per heavy atom. The van der Waals surface area contributed by atoms with Gasteiger partial charge in [0.25, 0.3) is 11.8 Å². The average Bonchev–Trinajstić information content (AvgIpc) is 2.68. The molecule has 102 valence electrons. The van der Waals surface area contributed by atoms with E-state index in [1.54, 1.807) is 24.3 Å². The van der Waals surface area contributed by atoms with Gasteiger partial charge in [-0.15, -0.1) is 0 Å². The number of carbonyl (C=O) groups excluding carboxylic acids is 2. The molecule has 1 aliphatic rings. The van der Waals surface area contributed by atoms with Crippen LogP contribution in [0, 0.1) is 0 Å². The largest absolute Gasteiger partial charge is 0.395 e. The van der Waals surface area contributed by atoms with Crippen molar-refractivity contribution in [2.45, 2.75) is 13.0 Å². The van der Waals surface area contributed by atoms with Crippen molar-refractivity contribution in [3.8, 4) is 0 Å². The molecule has 5 nitrogen and oxygen atoms in total. The minimum atomic E-state index is -0.231. The first-order valence-electron chi connectivity index (χ1n) is 6.32. The molecule has 1 aromatic rings. The first-order valence-corrected chi connectivity index (χ1v) is 6.32. The number of nitrogens with zero attached hydrogens (tertiary/aromatic N) is 2. The highest BCUT2D eigenvalue weighted by Gasteiger charge is 2.34. The second kappa shape index (κ2) is 5.50. The number of fused-ring (bicyclic) bond motifs is 1. The van der Waals surface area contributed by atoms with Gasteiger partial charge in [0.15, 0.2) is 0 Å². The van der Waals surface area contributed by atoms with Crippen LogP contribution in [0.5, 0.6) is 0 Å². The first kappa shape index (κ1) is 13.7. The number of amides is 2. The van der Waals surface area contributed by atoms with Crippen LogP contribution in [-0.2, 0) is 0 Å². The molecule has 0 aromatic heterocycles. The van der Waals surface area contributed by atoms with Crippen molar-refractivity contribution in [1.29, 1.82) is 0 Å². The van der Waals surface area contributed by atoms with Crippen molar-refractivity contribution in [1.82, 2.24) is 9.80 Å². The van der Waals surface area contributed by atoms with Gasteiger partial charge in [-0.05, 0) is 26.1 Å². The normalized spacial score (nSPS) is 16.1. The molecule has 0 saturated heterocycles. The van der Waals surface area contributed by atoms with E-state index in [-0.39, 0.29) is 24.5 Å². The van der Waals surface area contributed by atoms with Gasteiger partial charge in [0.1, 0.15) is 0 Å². The van der Waals surface area contributed by atoms with Gasteiger partial charge >= 0.3 is 0 Å². The van der Waals surface area contributed by atoms with Crippen LogP contribution < -0.4 is 0 Å². The molecule has 1 heterocycles. The van der Waals surface area contributed by atoms with Crippen molar-refractivity contribution in [2.24, 2.45) is 0 Å². The summed E-state index contributed by atoms with van der Waals surface area (Å²) in [7, 11) is 1.86. The third kappa shape index (κ3) is 2.52. The van der Waals surface area contributed by atoms with Gasteiger partial charge in [-0.2, -0.15) is 0 Å². The highest BCUT2D eigenvalue weighted by Crippen LogP contribution is 2.21. The molecule has 0 saturated carbocycles. The summed E-state index contributed by atoms with van der Waals surface area (Å²) >= 11 is 0. The third-order valence-corrected chi connectivity index (χ3v) is 3.57. The molecule has 1 aromatic carbocycles. The molecule has 0 bridgehead atoms. The number of hydrogen-bond donors (Lipinski definition) is 1. The minimum Gasteiger partial charge on any atom is -0.395 e. The highest BCUT2D eigenvalue weighted by atomic mass is 16.3. The lowest BCUT2D eigenvalue weighted by Crippen LogP contribution is -2.41. The van der Waals surface area contributed by atoms with Crippen LogP contribution in [0.1, 0.15) is 27.6 Å². The van der Waals surface area contributed by atoms with E-state index in [0.717, 1.165) is 0 Å². The molecule has 0 radical (unpaired) electrons. The molecule has 2 rings (SSSR count). The molecule has 2 amide bonds. The van der Waals surface area contributed by atoms with Crippen LogP contribution in [-0.4, -0.2) is 59.5 Å². The molecule has 0 aliphatic carbocycles. The van der Waals surface area contributed by atoms with E-state index in [4.69, 9.17) is 5.11 Å². The number of carbonyl (C=O) groups is 2. The molecule has 0 spiro atoms. The zero-order chi connectivity index (χ0) is 14.0. The Labute approximate surface area is 112 Å². The monoisotopic (exact) mass is 262 g/mol. The van der Waals surface area contributed by atoms with Crippen LogP contribution in [0.25, 0.3) is 0 Å². The van der Waals surface area contributed by atoms with Crippen molar-refractivity contribution in [2.75, 3.05) is 26.7 Å². The van der Waals surface area contributed by atoms with E-state index in [1.165, 1.54) is 4.90 Å². The molecule has 1 N–H and O–H groups in total. The van der Waals surface area contributed by atoms with Gasteiger partial charge in [-0.1, -0.05) is 12.1 Å². The van der Waals surface area contributed by atoms with Crippen molar-refractivity contribution >= 4 is 11.8 Å². The van der Waals surface area contributed by atoms with Gasteiger partial charge in [0.05, 0.1) is 17.7 Å². The zero-order valence-corrected chi connectivity index (χ0v) is 11.2. The Morgan fingerprint density at radius 3 is 2.21 bits per heavy atom. The molecule has 5 heteroatoms. The van der Waals surface area contributed by atoms with Crippen LogP contribution >= 0.6 is 0 Å². The fourth-order valence-electron chi connectivity index (χ4n) is 2.06. The van der Waals surface area contributed by atoms with Crippen molar-refractivity contribution in [3.63, 3.8) is 0 Å². The highest BCUT2D eigenvalue weighted by molar-refractivity contribution is 6.21. The maximum Gasteiger partial charge on any atom is 0.261 e. The lowest BCUT2D eigenvalue weighted by molar-refractivity contribution is 0.0625. The first-order chi connectivity index (χ1) is 9.06. The fourth-order valence-corrected chi connectivity index (χ4v) is 2.06. The number of rotatable bonds is 5. The Bertz CT molecular complexity index is 466. The average molecular weight is 262 g/mol. The lowest BCUT2D eigenvalue weighted by atomic mass is 10.1. The van der Waals surface area contributed by atoms with Crippen LogP contribution in [0.3, 0.4) is 0 Å². The summed E-state index contributed by atoms with van der Waals surface area (Å²) in [5.41, 5.74) is 0.954. The topological polar surface area (TPSA) is 60.9 Å². The van der Waals surface area contributed by atoms with Gasteiger partial charge in [-0.3, -0.25) is 19.4 Å².